The maximum atomic E-state index is 13.0. The maximum absolute atomic E-state index is 13.0. The molecule has 0 aliphatic carbocycles. The van der Waals surface area contributed by atoms with Crippen LogP contribution in [-0.2, 0) is 0 Å². The molecule has 0 fully saturated rings. The lowest BCUT2D eigenvalue weighted by Crippen LogP contribution is -1.97. The molecule has 88 valence electrons. The fourth-order valence-electron chi connectivity index (χ4n) is 1.19. The highest BCUT2D eigenvalue weighted by molar-refractivity contribution is 9.10. The van der Waals surface area contributed by atoms with Crippen molar-refractivity contribution < 1.29 is 8.78 Å². The number of nitrogens with zero attached hydrogens (tertiary/aromatic N) is 2. The second-order valence-electron chi connectivity index (χ2n) is 3.10. The Labute approximate surface area is 109 Å². The van der Waals surface area contributed by atoms with Gasteiger partial charge in [0.2, 0.25) is 5.95 Å². The van der Waals surface area contributed by atoms with Crippen molar-refractivity contribution in [3.05, 3.63) is 45.8 Å². The minimum atomic E-state index is -0.670. The van der Waals surface area contributed by atoms with Gasteiger partial charge < -0.3 is 5.32 Å². The molecule has 1 heterocycles. The van der Waals surface area contributed by atoms with E-state index >= 15 is 0 Å². The zero-order chi connectivity index (χ0) is 12.4. The molecule has 0 spiro atoms. The summed E-state index contributed by atoms with van der Waals surface area (Å²) in [5.74, 6) is -0.912. The van der Waals surface area contributed by atoms with E-state index in [4.69, 9.17) is 11.6 Å². The van der Waals surface area contributed by atoms with Crippen molar-refractivity contribution in [2.45, 2.75) is 0 Å². The van der Waals surface area contributed by atoms with E-state index in [2.05, 4.69) is 31.2 Å². The predicted octanol–water partition coefficient (Wildman–Crippen LogP) is 3.91. The lowest BCUT2D eigenvalue weighted by atomic mass is 10.3. The molecule has 1 N–H and O–H groups in total. The highest BCUT2D eigenvalue weighted by Gasteiger charge is 2.09. The van der Waals surface area contributed by atoms with Crippen LogP contribution in [0, 0.1) is 11.8 Å². The Balaban J connectivity index is 2.36. The number of rotatable bonds is 2. The van der Waals surface area contributed by atoms with E-state index in [1.807, 2.05) is 0 Å². The quantitative estimate of drug-likeness (QED) is 0.852. The van der Waals surface area contributed by atoms with Gasteiger partial charge in [0.25, 0.3) is 0 Å². The van der Waals surface area contributed by atoms with E-state index in [1.165, 1.54) is 6.07 Å². The standard InChI is InChI=1S/C10H5BrClF2N3/c11-6-1-5(13)2-7(12)10(6)17-9-3-8(14)15-4-16-9/h1-4H,(H,15,16,17). The van der Waals surface area contributed by atoms with Crippen molar-refractivity contribution in [3.8, 4) is 0 Å². The summed E-state index contributed by atoms with van der Waals surface area (Å²) in [7, 11) is 0. The first kappa shape index (κ1) is 12.2. The summed E-state index contributed by atoms with van der Waals surface area (Å²) >= 11 is 9.00. The van der Waals surface area contributed by atoms with Gasteiger partial charge in [-0.1, -0.05) is 11.6 Å². The van der Waals surface area contributed by atoms with Crippen LogP contribution >= 0.6 is 27.5 Å². The van der Waals surface area contributed by atoms with Gasteiger partial charge >= 0.3 is 0 Å². The average molecular weight is 321 g/mol. The van der Waals surface area contributed by atoms with Crippen LogP contribution < -0.4 is 5.32 Å². The van der Waals surface area contributed by atoms with E-state index in [0.29, 0.717) is 10.2 Å². The topological polar surface area (TPSA) is 37.8 Å². The number of hydrogen-bond acceptors (Lipinski definition) is 3. The molecule has 0 amide bonds. The molecule has 17 heavy (non-hydrogen) atoms. The summed E-state index contributed by atoms with van der Waals surface area (Å²) < 4.78 is 26.2. The van der Waals surface area contributed by atoms with Crippen LogP contribution in [0.4, 0.5) is 20.3 Å². The summed E-state index contributed by atoms with van der Waals surface area (Å²) in [5.41, 5.74) is 0.408. The molecule has 0 aliphatic heterocycles. The summed E-state index contributed by atoms with van der Waals surface area (Å²) in [6.45, 7) is 0. The van der Waals surface area contributed by atoms with Gasteiger partial charge in [0.15, 0.2) is 0 Å². The Morgan fingerprint density at radius 1 is 1.18 bits per heavy atom. The fourth-order valence-corrected chi connectivity index (χ4v) is 2.09. The van der Waals surface area contributed by atoms with Crippen molar-refractivity contribution in [1.29, 1.82) is 0 Å². The molecular formula is C10H5BrClF2N3. The van der Waals surface area contributed by atoms with Crippen LogP contribution in [0.15, 0.2) is 29.0 Å². The van der Waals surface area contributed by atoms with E-state index in [0.717, 1.165) is 18.5 Å². The monoisotopic (exact) mass is 319 g/mol. The molecular weight excluding hydrogens is 315 g/mol. The smallest absolute Gasteiger partial charge is 0.218 e. The molecule has 1 aromatic heterocycles. The van der Waals surface area contributed by atoms with Gasteiger partial charge in [0.05, 0.1) is 10.7 Å². The second-order valence-corrected chi connectivity index (χ2v) is 4.36. The van der Waals surface area contributed by atoms with E-state index in [9.17, 15) is 8.78 Å². The van der Waals surface area contributed by atoms with Gasteiger partial charge in [-0.2, -0.15) is 4.39 Å². The van der Waals surface area contributed by atoms with Crippen LogP contribution in [0.1, 0.15) is 0 Å². The lowest BCUT2D eigenvalue weighted by molar-refractivity contribution is 0.580. The molecule has 0 radical (unpaired) electrons. The van der Waals surface area contributed by atoms with Gasteiger partial charge in [-0.05, 0) is 28.1 Å². The molecule has 1 aromatic carbocycles. The third-order valence-electron chi connectivity index (χ3n) is 1.89. The molecule has 0 bridgehead atoms. The fraction of sp³-hybridized carbons (Fsp3) is 0. The van der Waals surface area contributed by atoms with Gasteiger partial charge in [0.1, 0.15) is 18.0 Å². The number of aromatic nitrogens is 2. The van der Waals surface area contributed by atoms with Crippen molar-refractivity contribution in [2.75, 3.05) is 5.32 Å². The zero-order valence-electron chi connectivity index (χ0n) is 8.22. The van der Waals surface area contributed by atoms with Crippen LogP contribution in [0.3, 0.4) is 0 Å². The predicted molar refractivity (Wildman–Crippen MR) is 64.4 cm³/mol. The maximum Gasteiger partial charge on any atom is 0.218 e. The van der Waals surface area contributed by atoms with Gasteiger partial charge in [-0.3, -0.25) is 0 Å². The van der Waals surface area contributed by atoms with Gasteiger partial charge in [-0.15, -0.1) is 0 Å². The SMILES string of the molecule is Fc1cc(Cl)c(Nc2cc(F)ncn2)c(Br)c1. The highest BCUT2D eigenvalue weighted by atomic mass is 79.9. The Hall–Kier alpha value is -1.27. The molecule has 0 saturated carbocycles. The molecule has 7 heteroatoms. The van der Waals surface area contributed by atoms with Gasteiger partial charge in [0, 0.05) is 10.5 Å². The summed E-state index contributed by atoms with van der Waals surface area (Å²) in [6.07, 6.45) is 1.07. The molecule has 0 unspecified atom stereocenters. The van der Waals surface area contributed by atoms with Crippen molar-refractivity contribution in [1.82, 2.24) is 9.97 Å². The molecule has 0 aliphatic rings. The molecule has 0 atom stereocenters. The Morgan fingerprint density at radius 2 is 1.94 bits per heavy atom. The van der Waals surface area contributed by atoms with Crippen molar-refractivity contribution in [2.24, 2.45) is 0 Å². The minimum Gasteiger partial charge on any atom is -0.338 e. The van der Waals surface area contributed by atoms with E-state index in [-0.39, 0.29) is 10.8 Å². The summed E-state index contributed by atoms with van der Waals surface area (Å²) in [4.78, 5) is 7.12. The average Bonchev–Trinajstić information content (AvgIpc) is 2.23. The summed E-state index contributed by atoms with van der Waals surface area (Å²) in [6, 6.07) is 3.49. The van der Waals surface area contributed by atoms with Crippen LogP contribution in [0.5, 0.6) is 0 Å². The van der Waals surface area contributed by atoms with E-state index in [1.54, 1.807) is 0 Å². The van der Waals surface area contributed by atoms with Crippen molar-refractivity contribution >= 4 is 39.0 Å². The molecule has 0 saturated heterocycles. The van der Waals surface area contributed by atoms with Crippen molar-refractivity contribution in [3.63, 3.8) is 0 Å². The Morgan fingerprint density at radius 3 is 2.59 bits per heavy atom. The van der Waals surface area contributed by atoms with Crippen LogP contribution in [-0.4, -0.2) is 9.97 Å². The number of nitrogens with one attached hydrogen (secondary N) is 1. The largest absolute Gasteiger partial charge is 0.338 e. The van der Waals surface area contributed by atoms with Crippen LogP contribution in [0.25, 0.3) is 0 Å². The second kappa shape index (κ2) is 4.93. The number of hydrogen-bond donors (Lipinski definition) is 1. The lowest BCUT2D eigenvalue weighted by Gasteiger charge is -2.09. The van der Waals surface area contributed by atoms with E-state index < -0.39 is 11.8 Å². The normalized spacial score (nSPS) is 10.4. The number of benzene rings is 1. The van der Waals surface area contributed by atoms with Gasteiger partial charge in [-0.25, -0.2) is 14.4 Å². The number of anilines is 2. The first-order chi connectivity index (χ1) is 8.06. The van der Waals surface area contributed by atoms with Crippen LogP contribution in [0.2, 0.25) is 5.02 Å². The Bertz CT molecular complexity index is 542. The molecule has 2 rings (SSSR count). The number of halogens is 4. The first-order valence-corrected chi connectivity index (χ1v) is 5.62. The molecule has 2 aromatic rings. The summed E-state index contributed by atoms with van der Waals surface area (Å²) in [5, 5.41) is 2.93. The third kappa shape index (κ3) is 2.89. The minimum absolute atomic E-state index is 0.163. The molecule has 3 nitrogen and oxygen atoms in total. The Kier molecular flexibility index (Phi) is 3.54. The zero-order valence-corrected chi connectivity index (χ0v) is 10.6. The third-order valence-corrected chi connectivity index (χ3v) is 2.82. The first-order valence-electron chi connectivity index (χ1n) is 4.45. The highest BCUT2D eigenvalue weighted by Crippen LogP contribution is 2.33.